The number of benzene rings is 2. The lowest BCUT2D eigenvalue weighted by Crippen LogP contribution is -2.82. The maximum absolute atomic E-state index is 2.69. The molecule has 1 nitrogen and oxygen atoms in total. The number of rotatable bonds is 6. The smallest absolute Gasteiger partial charge is 0.0518 e. The van der Waals surface area contributed by atoms with Crippen molar-refractivity contribution in [1.82, 2.24) is 4.57 Å². The van der Waals surface area contributed by atoms with Gasteiger partial charge in [-0.1, -0.05) is 95.3 Å². The van der Waals surface area contributed by atoms with Gasteiger partial charge in [0.25, 0.3) is 0 Å². The van der Waals surface area contributed by atoms with Gasteiger partial charge in [-0.25, -0.2) is 0 Å². The molecule has 3 rings (SSSR count). The van der Waals surface area contributed by atoms with Crippen LogP contribution in [0.4, 0.5) is 0 Å². The lowest BCUT2D eigenvalue weighted by molar-refractivity contribution is 1.04. The Morgan fingerprint density at radius 1 is 0.607 bits per heavy atom. The van der Waals surface area contributed by atoms with Gasteiger partial charge < -0.3 is 4.57 Å². The van der Waals surface area contributed by atoms with Crippen molar-refractivity contribution >= 4 is 51.2 Å². The van der Waals surface area contributed by atoms with Crippen molar-refractivity contribution in [2.45, 2.75) is 65.0 Å². The molecule has 0 aliphatic rings. The molecule has 151 valence electrons. The van der Waals surface area contributed by atoms with E-state index in [1.807, 2.05) is 0 Å². The van der Waals surface area contributed by atoms with Gasteiger partial charge in [0.2, 0.25) is 0 Å². The molecule has 0 bridgehead atoms. The number of hydrogen-bond acceptors (Lipinski definition) is 0. The first-order valence-electron chi connectivity index (χ1n) is 10.6. The SMILES string of the molecule is C[Si](C)(C)[Si](C[CH]n1c2ccccc2c2ccccc21)([Si](C)(C)C)[Si](C)(C)C. The summed E-state index contributed by atoms with van der Waals surface area (Å²) in [6.07, 6.45) is 0. The van der Waals surface area contributed by atoms with Gasteiger partial charge >= 0.3 is 0 Å². The third-order valence-electron chi connectivity index (χ3n) is 7.04. The van der Waals surface area contributed by atoms with Crippen LogP contribution >= 0.6 is 0 Å². The second-order valence-electron chi connectivity index (χ2n) is 11.4. The predicted octanol–water partition coefficient (Wildman–Crippen LogP) is 7.50. The van der Waals surface area contributed by atoms with Crippen LogP contribution in [0.1, 0.15) is 0 Å². The minimum absolute atomic E-state index is 1.26. The summed E-state index contributed by atoms with van der Waals surface area (Å²) < 4.78 is 2.53. The average Bonchev–Trinajstić information content (AvgIpc) is 2.86. The fourth-order valence-electron chi connectivity index (χ4n) is 6.67. The largest absolute Gasteiger partial charge is 0.336 e. The number of aromatic nitrogens is 1. The number of hydrogen-bond donors (Lipinski definition) is 0. The van der Waals surface area contributed by atoms with Crippen molar-refractivity contribution in [3.63, 3.8) is 0 Å². The standard InChI is InChI=1S/C23H38NSi4/c1-25(2,3)28(26(4,5)6,27(7,8)9)19-18-24-22-16-12-10-14-20(22)21-15-11-13-17-23(21)24/h10-18H,19H2,1-9H3. The topological polar surface area (TPSA) is 4.93 Å². The van der Waals surface area contributed by atoms with E-state index in [4.69, 9.17) is 0 Å². The normalized spacial score (nSPS) is 14.2. The summed E-state index contributed by atoms with van der Waals surface area (Å²) in [5.74, 6) is 0. The Morgan fingerprint density at radius 3 is 1.32 bits per heavy atom. The van der Waals surface area contributed by atoms with E-state index < -0.39 is 29.4 Å². The van der Waals surface area contributed by atoms with Gasteiger partial charge in [-0.15, -0.1) is 0 Å². The van der Waals surface area contributed by atoms with Gasteiger partial charge in [-0.2, -0.15) is 0 Å². The van der Waals surface area contributed by atoms with E-state index in [1.165, 1.54) is 27.8 Å². The van der Waals surface area contributed by atoms with Crippen molar-refractivity contribution in [3.8, 4) is 0 Å². The van der Waals surface area contributed by atoms with Gasteiger partial charge in [0.15, 0.2) is 0 Å². The van der Waals surface area contributed by atoms with Crippen LogP contribution in [0.15, 0.2) is 48.5 Å². The zero-order chi connectivity index (χ0) is 21.0. The van der Waals surface area contributed by atoms with Crippen molar-refractivity contribution in [2.24, 2.45) is 0 Å². The molecule has 0 saturated heterocycles. The summed E-state index contributed by atoms with van der Waals surface area (Å²) >= 11 is 0. The third kappa shape index (κ3) is 3.34. The highest BCUT2D eigenvalue weighted by molar-refractivity contribution is 7.89. The van der Waals surface area contributed by atoms with Crippen LogP contribution in [-0.2, 0) is 0 Å². The second kappa shape index (κ2) is 7.11. The Hall–Kier alpha value is -0.892. The van der Waals surface area contributed by atoms with E-state index in [-0.39, 0.29) is 0 Å². The Balaban J connectivity index is 2.17. The highest BCUT2D eigenvalue weighted by atomic mass is 29.9. The molecule has 0 amide bonds. The van der Waals surface area contributed by atoms with Crippen molar-refractivity contribution in [2.75, 3.05) is 0 Å². The monoisotopic (exact) mass is 440 g/mol. The molecule has 0 fully saturated rings. The molecule has 28 heavy (non-hydrogen) atoms. The van der Waals surface area contributed by atoms with Crippen LogP contribution < -0.4 is 0 Å². The zero-order valence-electron chi connectivity index (χ0n) is 19.4. The molecular weight excluding hydrogens is 403 g/mol. The first-order chi connectivity index (χ1) is 12.8. The predicted molar refractivity (Wildman–Crippen MR) is 140 cm³/mol. The van der Waals surface area contributed by atoms with Gasteiger partial charge in [0, 0.05) is 51.2 Å². The fraction of sp³-hybridized carbons (Fsp3) is 0.435. The van der Waals surface area contributed by atoms with Gasteiger partial charge in [0.05, 0.1) is 6.54 Å². The fourth-order valence-corrected chi connectivity index (χ4v) is 103. The molecule has 1 aromatic heterocycles. The third-order valence-corrected chi connectivity index (χ3v) is 80.9. The molecule has 0 unspecified atom stereocenters. The maximum Gasteiger partial charge on any atom is 0.0518 e. The second-order valence-corrected chi connectivity index (χ2v) is 52.8. The quantitative estimate of drug-likeness (QED) is 0.349. The van der Waals surface area contributed by atoms with Crippen LogP contribution in [0.5, 0.6) is 0 Å². The van der Waals surface area contributed by atoms with Gasteiger partial charge in [-0.05, 0) is 18.2 Å². The van der Waals surface area contributed by atoms with Crippen molar-refractivity contribution < 1.29 is 0 Å². The summed E-state index contributed by atoms with van der Waals surface area (Å²) in [7, 11) is -3.78. The first kappa shape index (κ1) is 21.8. The number of para-hydroxylation sites is 2. The minimum Gasteiger partial charge on any atom is -0.336 e. The molecular formula is C23H38NSi4. The highest BCUT2D eigenvalue weighted by Crippen LogP contribution is 2.41. The van der Waals surface area contributed by atoms with E-state index >= 15 is 0 Å². The van der Waals surface area contributed by atoms with Crippen molar-refractivity contribution in [1.29, 1.82) is 0 Å². The average molecular weight is 441 g/mol. The number of nitrogens with zero attached hydrogens (tertiary/aromatic N) is 1. The van der Waals surface area contributed by atoms with Crippen LogP contribution in [0.3, 0.4) is 0 Å². The zero-order valence-corrected chi connectivity index (χ0v) is 23.4. The first-order valence-corrected chi connectivity index (χ1v) is 26.3. The number of fused-ring (bicyclic) bond motifs is 3. The minimum atomic E-state index is -1.39. The van der Waals surface area contributed by atoms with E-state index in [1.54, 1.807) is 0 Å². The van der Waals surface area contributed by atoms with E-state index in [0.29, 0.717) is 0 Å². The molecule has 1 heterocycles. The van der Waals surface area contributed by atoms with Crippen molar-refractivity contribution in [3.05, 3.63) is 55.1 Å². The molecule has 0 spiro atoms. The Morgan fingerprint density at radius 2 is 0.964 bits per heavy atom. The lowest BCUT2D eigenvalue weighted by Gasteiger charge is -2.57. The molecule has 0 aliphatic carbocycles. The molecule has 0 N–H and O–H groups in total. The Bertz CT molecular complexity index is 894. The molecule has 5 heteroatoms. The molecule has 0 aliphatic heterocycles. The van der Waals surface area contributed by atoms with Crippen LogP contribution in [0.2, 0.25) is 65.0 Å². The van der Waals surface area contributed by atoms with Crippen LogP contribution in [0, 0.1) is 6.54 Å². The maximum atomic E-state index is 2.69. The van der Waals surface area contributed by atoms with E-state index in [9.17, 15) is 0 Å². The van der Waals surface area contributed by atoms with E-state index in [0.717, 1.165) is 0 Å². The molecule has 1 radical (unpaired) electrons. The summed E-state index contributed by atoms with van der Waals surface area (Å²) in [6.45, 7) is 25.4. The molecule has 3 aromatic rings. The molecule has 0 atom stereocenters. The van der Waals surface area contributed by atoms with Gasteiger partial charge in [0.1, 0.15) is 0 Å². The van der Waals surface area contributed by atoms with E-state index in [2.05, 4.69) is 119 Å². The summed E-state index contributed by atoms with van der Waals surface area (Å²) in [4.78, 5) is 0. The Kier molecular flexibility index (Phi) is 5.54. The molecule has 0 saturated carbocycles. The summed E-state index contributed by atoms with van der Waals surface area (Å²) in [5.41, 5.74) is 2.74. The Labute approximate surface area is 175 Å². The van der Waals surface area contributed by atoms with Crippen LogP contribution in [0.25, 0.3) is 21.8 Å². The van der Waals surface area contributed by atoms with Crippen LogP contribution in [-0.4, -0.2) is 34.0 Å². The lowest BCUT2D eigenvalue weighted by atomic mass is 10.2. The summed E-state index contributed by atoms with van der Waals surface area (Å²) in [6, 6.07) is 19.2. The summed E-state index contributed by atoms with van der Waals surface area (Å²) in [5, 5.41) is 2.77. The molecule has 2 aromatic carbocycles. The highest BCUT2D eigenvalue weighted by Gasteiger charge is 2.60. The van der Waals surface area contributed by atoms with Gasteiger partial charge in [-0.3, -0.25) is 0 Å².